The molecular weight excluding hydrogens is 243 g/mol. The van der Waals surface area contributed by atoms with E-state index in [1.165, 1.54) is 0 Å². The van der Waals surface area contributed by atoms with Gasteiger partial charge in [0, 0.05) is 13.1 Å². The number of aliphatic hydroxyl groups excluding tert-OH is 1. The van der Waals surface area contributed by atoms with Crippen molar-refractivity contribution < 1.29 is 9.50 Å². The van der Waals surface area contributed by atoms with Crippen LogP contribution in [0.3, 0.4) is 0 Å². The van der Waals surface area contributed by atoms with Crippen molar-refractivity contribution in [3.05, 3.63) is 29.6 Å². The average Bonchev–Trinajstić information content (AvgIpc) is 2.45. The molecule has 1 aliphatic rings. The fourth-order valence-corrected chi connectivity index (χ4v) is 2.67. The van der Waals surface area contributed by atoms with Crippen LogP contribution in [-0.2, 0) is 6.54 Å². The highest BCUT2D eigenvalue weighted by Crippen LogP contribution is 2.27. The van der Waals surface area contributed by atoms with Crippen molar-refractivity contribution >= 4 is 5.69 Å². The molecule has 1 aliphatic heterocycles. The lowest BCUT2D eigenvalue weighted by Gasteiger charge is -2.36. The number of aliphatic hydroxyl groups is 1. The molecule has 1 saturated heterocycles. The van der Waals surface area contributed by atoms with Crippen LogP contribution in [0.1, 0.15) is 31.7 Å². The number of piperidine rings is 1. The van der Waals surface area contributed by atoms with E-state index in [1.807, 2.05) is 24.0 Å². The van der Waals surface area contributed by atoms with Crippen LogP contribution < -0.4 is 10.2 Å². The van der Waals surface area contributed by atoms with Gasteiger partial charge in [0.2, 0.25) is 0 Å². The van der Waals surface area contributed by atoms with Crippen molar-refractivity contribution in [2.24, 2.45) is 0 Å². The molecule has 2 N–H and O–H groups in total. The molecule has 106 valence electrons. The molecule has 0 radical (unpaired) electrons. The topological polar surface area (TPSA) is 35.5 Å². The lowest BCUT2D eigenvalue weighted by molar-refractivity contribution is 0.239. The van der Waals surface area contributed by atoms with Crippen molar-refractivity contribution in [2.75, 3.05) is 24.6 Å². The number of rotatable bonds is 5. The van der Waals surface area contributed by atoms with Crippen molar-refractivity contribution in [3.63, 3.8) is 0 Å². The highest BCUT2D eigenvalue weighted by atomic mass is 19.1. The Hall–Kier alpha value is -1.13. The summed E-state index contributed by atoms with van der Waals surface area (Å²) in [5.41, 5.74) is 1.58. The molecule has 4 heteroatoms. The minimum absolute atomic E-state index is 0.0582. The third kappa shape index (κ3) is 3.45. The van der Waals surface area contributed by atoms with Gasteiger partial charge in [0.25, 0.3) is 0 Å². The number of anilines is 1. The van der Waals surface area contributed by atoms with Gasteiger partial charge in [0.1, 0.15) is 5.82 Å². The van der Waals surface area contributed by atoms with Crippen LogP contribution in [0, 0.1) is 5.82 Å². The standard InChI is InChI=1S/C15H23FN2O/c1-2-17-10-12-6-7-15(14(16)9-12)18-8-4-3-5-13(18)11-19/h6-7,9,13,17,19H,2-5,8,10-11H2,1H3. The number of hydrogen-bond donors (Lipinski definition) is 2. The van der Waals surface area contributed by atoms with Gasteiger partial charge in [-0.05, 0) is 43.5 Å². The fraction of sp³-hybridized carbons (Fsp3) is 0.600. The van der Waals surface area contributed by atoms with Crippen LogP contribution in [-0.4, -0.2) is 30.8 Å². The molecule has 1 aromatic carbocycles. The van der Waals surface area contributed by atoms with E-state index in [-0.39, 0.29) is 18.5 Å². The molecule has 0 amide bonds. The first-order valence-corrected chi connectivity index (χ1v) is 7.13. The van der Waals surface area contributed by atoms with Gasteiger partial charge >= 0.3 is 0 Å². The van der Waals surface area contributed by atoms with Crippen LogP contribution in [0.5, 0.6) is 0 Å². The summed E-state index contributed by atoms with van der Waals surface area (Å²) >= 11 is 0. The lowest BCUT2D eigenvalue weighted by Crippen LogP contribution is -2.42. The van der Waals surface area contributed by atoms with Gasteiger partial charge in [-0.15, -0.1) is 0 Å². The number of benzene rings is 1. The van der Waals surface area contributed by atoms with Gasteiger partial charge in [0.05, 0.1) is 18.3 Å². The lowest BCUT2D eigenvalue weighted by atomic mass is 10.0. The maximum Gasteiger partial charge on any atom is 0.146 e. The van der Waals surface area contributed by atoms with Gasteiger partial charge < -0.3 is 15.3 Å². The summed E-state index contributed by atoms with van der Waals surface area (Å²) in [5, 5.41) is 12.6. The second-order valence-corrected chi connectivity index (χ2v) is 5.09. The first-order valence-electron chi connectivity index (χ1n) is 7.13. The first kappa shape index (κ1) is 14.3. The highest BCUT2D eigenvalue weighted by molar-refractivity contribution is 5.50. The minimum atomic E-state index is -0.184. The van der Waals surface area contributed by atoms with Gasteiger partial charge in [-0.25, -0.2) is 4.39 Å². The molecule has 0 bridgehead atoms. The normalized spacial score (nSPS) is 19.7. The Balaban J connectivity index is 2.14. The van der Waals surface area contributed by atoms with Gasteiger partial charge in [-0.1, -0.05) is 13.0 Å². The Kier molecular flexibility index (Phi) is 5.16. The zero-order valence-electron chi connectivity index (χ0n) is 11.5. The molecular formula is C15H23FN2O. The van der Waals surface area contributed by atoms with E-state index in [2.05, 4.69) is 5.32 Å². The molecule has 0 saturated carbocycles. The largest absolute Gasteiger partial charge is 0.394 e. The van der Waals surface area contributed by atoms with Crippen LogP contribution in [0.4, 0.5) is 10.1 Å². The summed E-state index contributed by atoms with van der Waals surface area (Å²) in [6.07, 6.45) is 3.12. The molecule has 19 heavy (non-hydrogen) atoms. The predicted molar refractivity (Wildman–Crippen MR) is 75.9 cm³/mol. The number of hydrogen-bond acceptors (Lipinski definition) is 3. The summed E-state index contributed by atoms with van der Waals surface area (Å²) in [7, 11) is 0. The van der Waals surface area contributed by atoms with E-state index in [4.69, 9.17) is 0 Å². The molecule has 0 spiro atoms. The van der Waals surface area contributed by atoms with Crippen molar-refractivity contribution in [1.82, 2.24) is 5.32 Å². The maximum absolute atomic E-state index is 14.2. The van der Waals surface area contributed by atoms with E-state index in [1.54, 1.807) is 6.07 Å². The van der Waals surface area contributed by atoms with Crippen LogP contribution in [0.2, 0.25) is 0 Å². The highest BCUT2D eigenvalue weighted by Gasteiger charge is 2.24. The molecule has 2 rings (SSSR count). The van der Waals surface area contributed by atoms with Crippen molar-refractivity contribution in [3.8, 4) is 0 Å². The number of nitrogens with one attached hydrogen (secondary N) is 1. The van der Waals surface area contributed by atoms with E-state index < -0.39 is 0 Å². The van der Waals surface area contributed by atoms with Gasteiger partial charge in [-0.2, -0.15) is 0 Å². The van der Waals surface area contributed by atoms with E-state index >= 15 is 0 Å². The predicted octanol–water partition coefficient (Wildman–Crippen LogP) is 2.29. The molecule has 0 aliphatic carbocycles. The van der Waals surface area contributed by atoms with E-state index in [9.17, 15) is 9.50 Å². The third-order valence-corrected chi connectivity index (χ3v) is 3.74. The fourth-order valence-electron chi connectivity index (χ4n) is 2.67. The zero-order chi connectivity index (χ0) is 13.7. The average molecular weight is 266 g/mol. The van der Waals surface area contributed by atoms with Crippen LogP contribution in [0.15, 0.2) is 18.2 Å². The quantitative estimate of drug-likeness (QED) is 0.858. The smallest absolute Gasteiger partial charge is 0.146 e. The monoisotopic (exact) mass is 266 g/mol. The molecule has 3 nitrogen and oxygen atoms in total. The van der Waals surface area contributed by atoms with Crippen LogP contribution >= 0.6 is 0 Å². The van der Waals surface area contributed by atoms with Crippen molar-refractivity contribution in [1.29, 1.82) is 0 Å². The Labute approximate surface area is 114 Å². The number of nitrogens with zero attached hydrogens (tertiary/aromatic N) is 1. The minimum Gasteiger partial charge on any atom is -0.394 e. The van der Waals surface area contributed by atoms with Crippen molar-refractivity contribution in [2.45, 2.75) is 38.8 Å². The third-order valence-electron chi connectivity index (χ3n) is 3.74. The molecule has 1 atom stereocenters. The van der Waals surface area contributed by atoms with E-state index in [0.717, 1.165) is 37.9 Å². The van der Waals surface area contributed by atoms with Gasteiger partial charge in [-0.3, -0.25) is 0 Å². The second kappa shape index (κ2) is 6.87. The maximum atomic E-state index is 14.2. The molecule has 1 aromatic rings. The molecule has 1 fully saturated rings. The molecule has 1 unspecified atom stereocenters. The Morgan fingerprint density at radius 1 is 1.42 bits per heavy atom. The molecule has 0 aromatic heterocycles. The first-order chi connectivity index (χ1) is 9.26. The summed E-state index contributed by atoms with van der Waals surface area (Å²) < 4.78 is 14.2. The SMILES string of the molecule is CCNCc1ccc(N2CCCCC2CO)c(F)c1. The zero-order valence-corrected chi connectivity index (χ0v) is 11.5. The summed E-state index contributed by atoms with van der Waals surface area (Å²) in [4.78, 5) is 2.01. The summed E-state index contributed by atoms with van der Waals surface area (Å²) in [5.74, 6) is -0.184. The van der Waals surface area contributed by atoms with E-state index in [0.29, 0.717) is 12.2 Å². The Morgan fingerprint density at radius 3 is 2.95 bits per heavy atom. The Bertz CT molecular complexity index is 411. The van der Waals surface area contributed by atoms with Gasteiger partial charge in [0.15, 0.2) is 0 Å². The number of halogens is 1. The Morgan fingerprint density at radius 2 is 2.26 bits per heavy atom. The second-order valence-electron chi connectivity index (χ2n) is 5.09. The van der Waals surface area contributed by atoms with Crippen LogP contribution in [0.25, 0.3) is 0 Å². The molecule has 1 heterocycles. The summed E-state index contributed by atoms with van der Waals surface area (Å²) in [6, 6.07) is 5.46. The summed E-state index contributed by atoms with van der Waals surface area (Å²) in [6.45, 7) is 4.52.